The summed E-state index contributed by atoms with van der Waals surface area (Å²) in [6.07, 6.45) is 1.43. The van der Waals surface area contributed by atoms with Crippen molar-refractivity contribution in [1.82, 2.24) is 19.9 Å². The molecule has 2 aromatic heterocycles. The first kappa shape index (κ1) is 32.7. The van der Waals surface area contributed by atoms with E-state index in [4.69, 9.17) is 14.5 Å². The van der Waals surface area contributed by atoms with E-state index in [1.807, 2.05) is 60.0 Å². The van der Waals surface area contributed by atoms with Gasteiger partial charge in [0.25, 0.3) is 5.91 Å². The van der Waals surface area contributed by atoms with E-state index in [0.29, 0.717) is 24.4 Å². The van der Waals surface area contributed by atoms with Crippen molar-refractivity contribution in [3.8, 4) is 27.6 Å². The fraction of sp³-hybridized carbons (Fsp3) is 0.412. The van der Waals surface area contributed by atoms with Crippen LogP contribution in [0.2, 0.25) is 0 Å². The van der Waals surface area contributed by atoms with Gasteiger partial charge in [0.2, 0.25) is 21.8 Å². The highest BCUT2D eigenvalue weighted by atomic mass is 32.2. The van der Waals surface area contributed by atoms with Crippen LogP contribution in [0.25, 0.3) is 21.7 Å². The van der Waals surface area contributed by atoms with Gasteiger partial charge in [-0.2, -0.15) is 0 Å². The Morgan fingerprint density at radius 3 is 2.45 bits per heavy atom. The summed E-state index contributed by atoms with van der Waals surface area (Å²) in [6, 6.07) is 16.5. The number of carbonyl (C=O) groups excluding carboxylic acids is 3. The predicted molar refractivity (Wildman–Crippen MR) is 178 cm³/mol. The fourth-order valence-corrected chi connectivity index (χ4v) is 7.83. The molecule has 3 aromatic rings. The Hall–Kier alpha value is -4.23. The zero-order valence-electron chi connectivity index (χ0n) is 26.5. The lowest BCUT2D eigenvalue weighted by atomic mass is 10.1. The van der Waals surface area contributed by atoms with Crippen molar-refractivity contribution in [2.45, 2.75) is 75.0 Å². The lowest BCUT2D eigenvalue weighted by molar-refractivity contribution is -0.131. The lowest BCUT2D eigenvalue weighted by Gasteiger charge is -2.29. The molecule has 3 amide bonds. The summed E-state index contributed by atoms with van der Waals surface area (Å²) >= 11 is 1.59. The van der Waals surface area contributed by atoms with Crippen LogP contribution in [0.4, 0.5) is 4.79 Å². The van der Waals surface area contributed by atoms with Gasteiger partial charge in [0.05, 0.1) is 17.5 Å². The number of likely N-dealkylation sites (tertiary alicyclic amines) is 1. The quantitative estimate of drug-likeness (QED) is 0.288. The van der Waals surface area contributed by atoms with Gasteiger partial charge in [-0.3, -0.25) is 19.2 Å². The smallest absolute Gasteiger partial charge is 0.411 e. The minimum Gasteiger partial charge on any atom is -0.472 e. The molecule has 47 heavy (non-hydrogen) atoms. The third kappa shape index (κ3) is 7.20. The standard InChI is InChI=1S/C34H38N4O7S2/c1-5-23-19-34(23,31(40)37-47(42,43)25-13-14-25)36-30(39)27-18-24(20-38(27)32(41)45-33(2,3)4)44-29-17-22(28-12-9-15-46-28)16-26(35-29)21-10-7-6-8-11-21/h5-12,15-17,23-25,27H,1,13-14,18-20H2,2-4H3,(H,36,39)(H,37,40)/t23-,24-,27+,34-/m1/s1. The average molecular weight is 679 g/mol. The number of pyridine rings is 1. The largest absolute Gasteiger partial charge is 0.472 e. The number of hydrogen-bond donors (Lipinski definition) is 2. The van der Waals surface area contributed by atoms with E-state index < -0.39 is 62.4 Å². The van der Waals surface area contributed by atoms with Crippen LogP contribution in [-0.4, -0.2) is 71.3 Å². The van der Waals surface area contributed by atoms with Crippen LogP contribution in [0, 0.1) is 5.92 Å². The number of benzene rings is 1. The molecule has 2 N–H and O–H groups in total. The molecule has 4 atom stereocenters. The summed E-state index contributed by atoms with van der Waals surface area (Å²) in [5, 5.41) is 4.16. The summed E-state index contributed by atoms with van der Waals surface area (Å²) in [5.74, 6) is -1.55. The first-order valence-electron chi connectivity index (χ1n) is 15.6. The second-order valence-electron chi connectivity index (χ2n) is 13.2. The first-order valence-corrected chi connectivity index (χ1v) is 18.0. The summed E-state index contributed by atoms with van der Waals surface area (Å²) in [7, 11) is -3.84. The van der Waals surface area contributed by atoms with E-state index in [-0.39, 0.29) is 19.4 Å². The Morgan fingerprint density at radius 2 is 1.83 bits per heavy atom. The van der Waals surface area contributed by atoms with Gasteiger partial charge in [-0.25, -0.2) is 18.2 Å². The van der Waals surface area contributed by atoms with Crippen molar-refractivity contribution in [3.63, 3.8) is 0 Å². The van der Waals surface area contributed by atoms with E-state index in [1.165, 1.54) is 11.0 Å². The predicted octanol–water partition coefficient (Wildman–Crippen LogP) is 4.90. The van der Waals surface area contributed by atoms with Crippen molar-refractivity contribution in [1.29, 1.82) is 0 Å². The van der Waals surface area contributed by atoms with Crippen LogP contribution in [0.1, 0.15) is 46.5 Å². The van der Waals surface area contributed by atoms with Crippen molar-refractivity contribution >= 4 is 39.3 Å². The molecule has 6 rings (SSSR count). The number of rotatable bonds is 10. The van der Waals surface area contributed by atoms with Gasteiger partial charge < -0.3 is 14.8 Å². The SMILES string of the molecule is C=C[C@@H]1C[C@]1(NC(=O)[C@@H]1C[C@@H](Oc2cc(-c3cccs3)cc(-c3ccccc3)n2)CN1C(=O)OC(C)(C)C)C(=O)NS(=O)(=O)C1CC1. The van der Waals surface area contributed by atoms with E-state index in [2.05, 4.69) is 16.6 Å². The Morgan fingerprint density at radius 1 is 1.09 bits per heavy atom. The molecule has 3 heterocycles. The molecular formula is C34H38N4O7S2. The summed E-state index contributed by atoms with van der Waals surface area (Å²) in [6.45, 7) is 8.97. The number of aromatic nitrogens is 1. The fourth-order valence-electron chi connectivity index (χ4n) is 5.75. The second-order valence-corrected chi connectivity index (χ2v) is 16.1. The maximum absolute atomic E-state index is 13.9. The van der Waals surface area contributed by atoms with Gasteiger partial charge in [0.15, 0.2) is 0 Å². The Balaban J connectivity index is 1.26. The summed E-state index contributed by atoms with van der Waals surface area (Å²) < 4.78 is 39.3. The number of carbonyl (C=O) groups is 3. The number of sulfonamides is 1. The van der Waals surface area contributed by atoms with Gasteiger partial charge in [-0.15, -0.1) is 17.9 Å². The van der Waals surface area contributed by atoms with E-state index in [0.717, 1.165) is 16.0 Å². The van der Waals surface area contributed by atoms with Crippen LogP contribution in [0.15, 0.2) is 72.6 Å². The summed E-state index contributed by atoms with van der Waals surface area (Å²) in [4.78, 5) is 47.7. The van der Waals surface area contributed by atoms with Crippen molar-refractivity contribution in [3.05, 3.63) is 72.6 Å². The monoisotopic (exact) mass is 678 g/mol. The van der Waals surface area contributed by atoms with Crippen LogP contribution in [-0.2, 0) is 24.3 Å². The van der Waals surface area contributed by atoms with Crippen molar-refractivity contribution in [2.75, 3.05) is 6.54 Å². The van der Waals surface area contributed by atoms with E-state index >= 15 is 0 Å². The zero-order chi connectivity index (χ0) is 33.6. The Bertz CT molecular complexity index is 1790. The topological polar surface area (TPSA) is 144 Å². The molecule has 13 heteroatoms. The number of amides is 3. The zero-order valence-corrected chi connectivity index (χ0v) is 28.1. The van der Waals surface area contributed by atoms with Crippen LogP contribution in [0.5, 0.6) is 5.88 Å². The Kier molecular flexibility index (Phi) is 8.64. The normalized spacial score (nSPS) is 23.9. The number of hydrogen-bond acceptors (Lipinski definition) is 9. The number of nitrogens with one attached hydrogen (secondary N) is 2. The highest BCUT2D eigenvalue weighted by molar-refractivity contribution is 7.91. The molecule has 248 valence electrons. The molecule has 2 aliphatic carbocycles. The lowest BCUT2D eigenvalue weighted by Crippen LogP contribution is -2.56. The van der Waals surface area contributed by atoms with Crippen molar-refractivity contribution in [2.24, 2.45) is 5.92 Å². The third-order valence-corrected chi connectivity index (χ3v) is 11.1. The van der Waals surface area contributed by atoms with Gasteiger partial charge in [0, 0.05) is 28.8 Å². The van der Waals surface area contributed by atoms with Crippen LogP contribution >= 0.6 is 11.3 Å². The maximum atomic E-state index is 13.9. The molecular weight excluding hydrogens is 641 g/mol. The molecule has 1 aromatic carbocycles. The minimum absolute atomic E-state index is 0.0265. The molecule has 2 saturated carbocycles. The van der Waals surface area contributed by atoms with Gasteiger partial charge >= 0.3 is 6.09 Å². The highest BCUT2D eigenvalue weighted by Gasteiger charge is 2.62. The molecule has 3 fully saturated rings. The van der Waals surface area contributed by atoms with Crippen LogP contribution in [0.3, 0.4) is 0 Å². The Labute approximate surface area is 278 Å². The number of thiophene rings is 1. The number of ether oxygens (including phenoxy) is 2. The van der Waals surface area contributed by atoms with Gasteiger partial charge in [-0.1, -0.05) is 42.5 Å². The second kappa shape index (κ2) is 12.4. The van der Waals surface area contributed by atoms with E-state index in [9.17, 15) is 22.8 Å². The number of nitrogens with zero attached hydrogens (tertiary/aromatic N) is 2. The molecule has 0 unspecified atom stereocenters. The van der Waals surface area contributed by atoms with E-state index in [1.54, 1.807) is 32.1 Å². The molecule has 0 radical (unpaired) electrons. The molecule has 0 spiro atoms. The average Bonchev–Trinajstić information content (AvgIpc) is 3.89. The molecule has 1 saturated heterocycles. The maximum Gasteiger partial charge on any atom is 0.411 e. The molecule has 0 bridgehead atoms. The molecule has 3 aliphatic rings. The third-order valence-electron chi connectivity index (χ3n) is 8.41. The molecule has 1 aliphatic heterocycles. The van der Waals surface area contributed by atoms with Gasteiger partial charge in [-0.05, 0) is 63.1 Å². The van der Waals surface area contributed by atoms with Crippen molar-refractivity contribution < 1.29 is 32.3 Å². The highest BCUT2D eigenvalue weighted by Crippen LogP contribution is 2.45. The van der Waals surface area contributed by atoms with Gasteiger partial charge in [0.1, 0.15) is 23.3 Å². The summed E-state index contributed by atoms with van der Waals surface area (Å²) in [5.41, 5.74) is 0.212. The minimum atomic E-state index is -3.84. The first-order chi connectivity index (χ1) is 22.3. The molecule has 11 nitrogen and oxygen atoms in total. The van der Waals surface area contributed by atoms with Crippen LogP contribution < -0.4 is 14.8 Å².